The lowest BCUT2D eigenvalue weighted by Crippen LogP contribution is -2.26. The van der Waals surface area contributed by atoms with Crippen LogP contribution in [0, 0.1) is 12.7 Å². The molecule has 1 N–H and O–H groups in total. The Morgan fingerprint density at radius 3 is 3.00 bits per heavy atom. The van der Waals surface area contributed by atoms with Gasteiger partial charge in [0.05, 0.1) is 11.7 Å². The summed E-state index contributed by atoms with van der Waals surface area (Å²) in [5.74, 6) is -0.206. The van der Waals surface area contributed by atoms with Gasteiger partial charge in [-0.1, -0.05) is 18.6 Å². The molecule has 1 aliphatic rings. The lowest BCUT2D eigenvalue weighted by Gasteiger charge is -2.21. The van der Waals surface area contributed by atoms with Crippen molar-refractivity contribution in [3.63, 3.8) is 0 Å². The number of hydrogen-bond donors (Lipinski definition) is 1. The van der Waals surface area contributed by atoms with E-state index in [9.17, 15) is 4.39 Å². The van der Waals surface area contributed by atoms with Crippen molar-refractivity contribution in [3.8, 4) is 11.3 Å². The molecule has 1 fully saturated rings. The fraction of sp³-hybridized carbons (Fsp3) is 0.400. The number of thiazole rings is 1. The van der Waals surface area contributed by atoms with Crippen molar-refractivity contribution < 1.29 is 4.39 Å². The molecular formula is C15H17FN2S. The minimum Gasteiger partial charge on any atom is -0.308 e. The number of aromatic nitrogens is 1. The number of halogens is 1. The fourth-order valence-corrected chi connectivity index (χ4v) is 3.59. The van der Waals surface area contributed by atoms with Gasteiger partial charge in [0, 0.05) is 10.4 Å². The van der Waals surface area contributed by atoms with Crippen LogP contribution in [0.5, 0.6) is 0 Å². The van der Waals surface area contributed by atoms with Crippen LogP contribution in [-0.2, 0) is 0 Å². The van der Waals surface area contributed by atoms with E-state index in [-0.39, 0.29) is 5.82 Å². The molecule has 0 aliphatic carbocycles. The molecule has 1 aliphatic heterocycles. The van der Waals surface area contributed by atoms with Gasteiger partial charge in [-0.25, -0.2) is 9.37 Å². The predicted octanol–water partition coefficient (Wildman–Crippen LogP) is 4.07. The first-order chi connectivity index (χ1) is 9.24. The van der Waals surface area contributed by atoms with Crippen LogP contribution in [0.15, 0.2) is 24.3 Å². The van der Waals surface area contributed by atoms with E-state index < -0.39 is 0 Å². The van der Waals surface area contributed by atoms with Crippen LogP contribution < -0.4 is 5.32 Å². The van der Waals surface area contributed by atoms with Crippen molar-refractivity contribution in [2.75, 3.05) is 6.54 Å². The molecule has 19 heavy (non-hydrogen) atoms. The molecule has 1 aromatic heterocycles. The Balaban J connectivity index is 1.92. The highest BCUT2D eigenvalue weighted by molar-refractivity contribution is 7.12. The molecular weight excluding hydrogens is 259 g/mol. The largest absolute Gasteiger partial charge is 0.308 e. The van der Waals surface area contributed by atoms with Crippen LogP contribution in [0.1, 0.15) is 35.2 Å². The summed E-state index contributed by atoms with van der Waals surface area (Å²) < 4.78 is 13.3. The van der Waals surface area contributed by atoms with E-state index in [1.807, 2.05) is 6.07 Å². The number of nitrogens with zero attached hydrogens (tertiary/aromatic N) is 1. The lowest BCUT2D eigenvalue weighted by atomic mass is 10.1. The number of benzene rings is 1. The molecule has 100 valence electrons. The number of piperidine rings is 1. The summed E-state index contributed by atoms with van der Waals surface area (Å²) in [7, 11) is 0. The zero-order valence-electron chi connectivity index (χ0n) is 10.9. The maximum absolute atomic E-state index is 13.3. The Hall–Kier alpha value is -1.26. The average Bonchev–Trinajstić information content (AvgIpc) is 2.82. The molecule has 0 amide bonds. The summed E-state index contributed by atoms with van der Waals surface area (Å²) in [6, 6.07) is 7.06. The van der Waals surface area contributed by atoms with Crippen LogP contribution in [-0.4, -0.2) is 11.5 Å². The van der Waals surface area contributed by atoms with Crippen LogP contribution in [0.2, 0.25) is 0 Å². The van der Waals surface area contributed by atoms with E-state index in [4.69, 9.17) is 4.98 Å². The third-order valence-electron chi connectivity index (χ3n) is 3.52. The number of hydrogen-bond acceptors (Lipinski definition) is 3. The van der Waals surface area contributed by atoms with Crippen molar-refractivity contribution in [2.45, 2.75) is 32.2 Å². The van der Waals surface area contributed by atoms with Crippen LogP contribution in [0.25, 0.3) is 11.3 Å². The van der Waals surface area contributed by atoms with Gasteiger partial charge in [0.25, 0.3) is 0 Å². The highest BCUT2D eigenvalue weighted by Gasteiger charge is 2.20. The van der Waals surface area contributed by atoms with Gasteiger partial charge >= 0.3 is 0 Å². The Bertz CT molecular complexity index is 573. The molecule has 1 saturated heterocycles. The highest BCUT2D eigenvalue weighted by Crippen LogP contribution is 2.33. The highest BCUT2D eigenvalue weighted by atomic mass is 32.1. The average molecular weight is 276 g/mol. The fourth-order valence-electron chi connectivity index (χ4n) is 2.53. The van der Waals surface area contributed by atoms with Crippen molar-refractivity contribution in [2.24, 2.45) is 0 Å². The number of nitrogens with one attached hydrogen (secondary N) is 1. The van der Waals surface area contributed by atoms with E-state index in [1.54, 1.807) is 23.5 Å². The molecule has 0 radical (unpaired) electrons. The first-order valence-electron chi connectivity index (χ1n) is 6.70. The second-order valence-corrected chi connectivity index (χ2v) is 6.20. The molecule has 0 spiro atoms. The van der Waals surface area contributed by atoms with Crippen LogP contribution >= 0.6 is 11.3 Å². The minimum atomic E-state index is -0.206. The molecule has 0 saturated carbocycles. The van der Waals surface area contributed by atoms with Crippen molar-refractivity contribution in [3.05, 3.63) is 40.0 Å². The number of rotatable bonds is 2. The van der Waals surface area contributed by atoms with Crippen molar-refractivity contribution in [1.29, 1.82) is 0 Å². The van der Waals surface area contributed by atoms with Gasteiger partial charge in [-0.15, -0.1) is 11.3 Å². The van der Waals surface area contributed by atoms with Gasteiger partial charge in [-0.2, -0.15) is 0 Å². The smallest absolute Gasteiger partial charge is 0.123 e. The maximum Gasteiger partial charge on any atom is 0.123 e. The summed E-state index contributed by atoms with van der Waals surface area (Å²) in [5, 5.41) is 4.65. The van der Waals surface area contributed by atoms with Crippen molar-refractivity contribution >= 4 is 11.3 Å². The molecule has 1 atom stereocenters. The predicted molar refractivity (Wildman–Crippen MR) is 76.8 cm³/mol. The molecule has 2 nitrogen and oxygen atoms in total. The summed E-state index contributed by atoms with van der Waals surface area (Å²) >= 11 is 1.73. The third kappa shape index (κ3) is 2.69. The number of aryl methyl sites for hydroxylation is 1. The molecule has 1 aromatic carbocycles. The second kappa shape index (κ2) is 5.39. The van der Waals surface area contributed by atoms with Gasteiger partial charge in [0.2, 0.25) is 0 Å². The van der Waals surface area contributed by atoms with E-state index in [0.717, 1.165) is 34.1 Å². The Kier molecular flexibility index (Phi) is 3.62. The van der Waals surface area contributed by atoms with Gasteiger partial charge < -0.3 is 5.32 Å². The quantitative estimate of drug-likeness (QED) is 0.894. The Morgan fingerprint density at radius 2 is 2.26 bits per heavy atom. The van der Waals surface area contributed by atoms with Gasteiger partial charge in [0.15, 0.2) is 0 Å². The van der Waals surface area contributed by atoms with E-state index in [1.165, 1.54) is 18.9 Å². The standard InChI is InChI=1S/C15H17FN2S/c1-10-14(11-5-4-6-12(16)9-11)18-15(19-10)13-7-2-3-8-17-13/h4-6,9,13,17H,2-3,7-8H2,1H3. The van der Waals surface area contributed by atoms with E-state index >= 15 is 0 Å². The molecule has 1 unspecified atom stereocenters. The maximum atomic E-state index is 13.3. The Labute approximate surface area is 116 Å². The first kappa shape index (κ1) is 12.8. The van der Waals surface area contributed by atoms with E-state index in [0.29, 0.717) is 6.04 Å². The normalized spacial score (nSPS) is 19.6. The third-order valence-corrected chi connectivity index (χ3v) is 4.60. The summed E-state index contributed by atoms with van der Waals surface area (Å²) in [5.41, 5.74) is 1.79. The van der Waals surface area contributed by atoms with Gasteiger partial charge in [-0.3, -0.25) is 0 Å². The monoisotopic (exact) mass is 276 g/mol. The van der Waals surface area contributed by atoms with Crippen LogP contribution in [0.4, 0.5) is 4.39 Å². The SMILES string of the molecule is Cc1sc(C2CCCCN2)nc1-c1cccc(F)c1. The molecule has 2 aromatic rings. The second-order valence-electron chi connectivity index (χ2n) is 4.97. The molecule has 3 rings (SSSR count). The molecule has 2 heterocycles. The summed E-state index contributed by atoms with van der Waals surface area (Å²) in [6.45, 7) is 3.13. The molecule has 4 heteroatoms. The first-order valence-corrected chi connectivity index (χ1v) is 7.52. The zero-order chi connectivity index (χ0) is 13.2. The topological polar surface area (TPSA) is 24.9 Å². The summed E-state index contributed by atoms with van der Waals surface area (Å²) in [4.78, 5) is 5.89. The van der Waals surface area contributed by atoms with Gasteiger partial charge in [0.1, 0.15) is 10.8 Å². The van der Waals surface area contributed by atoms with Crippen LogP contribution in [0.3, 0.4) is 0 Å². The lowest BCUT2D eigenvalue weighted by molar-refractivity contribution is 0.411. The molecule has 0 bridgehead atoms. The van der Waals surface area contributed by atoms with Gasteiger partial charge in [-0.05, 0) is 38.4 Å². The Morgan fingerprint density at radius 1 is 1.37 bits per heavy atom. The van der Waals surface area contributed by atoms with Crippen molar-refractivity contribution in [1.82, 2.24) is 10.3 Å². The van der Waals surface area contributed by atoms with E-state index in [2.05, 4.69) is 12.2 Å². The zero-order valence-corrected chi connectivity index (χ0v) is 11.8. The summed E-state index contributed by atoms with van der Waals surface area (Å²) in [6.07, 6.45) is 3.65. The minimum absolute atomic E-state index is 0.206.